The first kappa shape index (κ1) is 24.1. The predicted molar refractivity (Wildman–Crippen MR) is 122 cm³/mol. The van der Waals surface area contributed by atoms with Crippen molar-refractivity contribution >= 4 is 33.0 Å². The van der Waals surface area contributed by atoms with Crippen LogP contribution in [0.15, 0.2) is 82.7 Å². The molecule has 0 saturated carbocycles. The first-order chi connectivity index (χ1) is 15.8. The molecular formula is C23H18ClF3N2O4S. The molecule has 0 radical (unpaired) electrons. The largest absolute Gasteiger partial charge is 0.573 e. The number of sulfone groups is 1. The van der Waals surface area contributed by atoms with Gasteiger partial charge in [0.2, 0.25) is 5.72 Å². The number of ether oxygens (including phenoxy) is 1. The van der Waals surface area contributed by atoms with Crippen molar-refractivity contribution < 1.29 is 31.4 Å². The van der Waals surface area contributed by atoms with Crippen LogP contribution in [0.1, 0.15) is 11.1 Å². The number of aliphatic hydroxyl groups is 1. The Kier molecular flexibility index (Phi) is 6.09. The number of anilines is 1. The highest BCUT2D eigenvalue weighted by Gasteiger charge is 2.40. The summed E-state index contributed by atoms with van der Waals surface area (Å²) in [5.74, 6) is -0.0464. The first-order valence-electron chi connectivity index (χ1n) is 9.86. The minimum Gasteiger partial charge on any atom is -0.406 e. The van der Waals surface area contributed by atoms with E-state index >= 15 is 0 Å². The Hall–Kier alpha value is -3.08. The van der Waals surface area contributed by atoms with Gasteiger partial charge in [0.15, 0.2) is 9.84 Å². The van der Waals surface area contributed by atoms with E-state index in [0.717, 1.165) is 18.4 Å². The third-order valence-electron chi connectivity index (χ3n) is 5.15. The van der Waals surface area contributed by atoms with Gasteiger partial charge >= 0.3 is 6.36 Å². The highest BCUT2D eigenvalue weighted by molar-refractivity contribution is 7.90. The summed E-state index contributed by atoms with van der Waals surface area (Å²) in [6.45, 7) is -0.0668. The minimum atomic E-state index is -4.83. The van der Waals surface area contributed by atoms with Gasteiger partial charge in [0.1, 0.15) is 11.6 Å². The zero-order chi connectivity index (χ0) is 24.7. The fourth-order valence-electron chi connectivity index (χ4n) is 3.55. The van der Waals surface area contributed by atoms with E-state index in [4.69, 9.17) is 11.6 Å². The maximum Gasteiger partial charge on any atom is 0.573 e. The average Bonchev–Trinajstić information content (AvgIpc) is 3.12. The average molecular weight is 511 g/mol. The minimum absolute atomic E-state index is 0.0668. The molecule has 3 aromatic carbocycles. The molecule has 0 bridgehead atoms. The molecule has 0 fully saturated rings. The summed E-state index contributed by atoms with van der Waals surface area (Å²) < 4.78 is 65.0. The third-order valence-corrected chi connectivity index (χ3v) is 6.53. The van der Waals surface area contributed by atoms with Gasteiger partial charge in [-0.25, -0.2) is 13.4 Å². The molecule has 1 unspecified atom stereocenters. The Morgan fingerprint density at radius 1 is 1.00 bits per heavy atom. The van der Waals surface area contributed by atoms with Crippen molar-refractivity contribution in [1.82, 2.24) is 0 Å². The SMILES string of the molecule is CS(=O)(=O)c1ccc(N2CC(O)(c3ccc(OC(F)(F)F)cc3)N=C2c2ccc(Cl)cc2)cc1. The van der Waals surface area contributed by atoms with E-state index in [9.17, 15) is 26.7 Å². The molecule has 1 aliphatic rings. The topological polar surface area (TPSA) is 79.2 Å². The number of rotatable bonds is 5. The van der Waals surface area contributed by atoms with Gasteiger partial charge in [0.05, 0.1) is 11.4 Å². The maximum atomic E-state index is 12.5. The van der Waals surface area contributed by atoms with Crippen LogP contribution in [-0.2, 0) is 15.6 Å². The number of β-amino-alcohol motifs (C(OH)–C–C–N with tert-alkyl or cyclic N) is 1. The quantitative estimate of drug-likeness (QED) is 0.535. The highest BCUT2D eigenvalue weighted by Crippen LogP contribution is 2.36. The zero-order valence-corrected chi connectivity index (χ0v) is 19.2. The number of halogens is 4. The Morgan fingerprint density at radius 3 is 2.12 bits per heavy atom. The second-order valence-corrected chi connectivity index (χ2v) is 10.1. The fourth-order valence-corrected chi connectivity index (χ4v) is 4.31. The van der Waals surface area contributed by atoms with Gasteiger partial charge in [-0.05, 0) is 60.7 Å². The standard InChI is InChI=1S/C23H18ClF3N2O4S/c1-34(31,32)20-12-8-18(9-13-20)29-14-22(30,28-21(29)15-2-6-17(24)7-3-15)16-4-10-19(11-5-16)33-23(25,26)27/h2-13,30H,14H2,1H3. The van der Waals surface area contributed by atoms with Gasteiger partial charge < -0.3 is 14.7 Å². The van der Waals surface area contributed by atoms with Crippen molar-refractivity contribution in [2.75, 3.05) is 17.7 Å². The lowest BCUT2D eigenvalue weighted by atomic mass is 10.0. The van der Waals surface area contributed by atoms with Gasteiger partial charge in [0, 0.05) is 28.1 Å². The zero-order valence-electron chi connectivity index (χ0n) is 17.6. The normalized spacial score (nSPS) is 18.6. The maximum absolute atomic E-state index is 12.5. The highest BCUT2D eigenvalue weighted by atomic mass is 35.5. The summed E-state index contributed by atoms with van der Waals surface area (Å²) in [4.78, 5) is 6.32. The summed E-state index contributed by atoms with van der Waals surface area (Å²) in [5, 5.41) is 11.9. The Bertz CT molecular complexity index is 1330. The molecule has 0 aliphatic carbocycles. The Balaban J connectivity index is 1.73. The molecule has 0 saturated heterocycles. The summed E-state index contributed by atoms with van der Waals surface area (Å²) in [6, 6.07) is 17.6. The smallest absolute Gasteiger partial charge is 0.406 e. The van der Waals surface area contributed by atoms with E-state index in [0.29, 0.717) is 22.1 Å². The second kappa shape index (κ2) is 8.61. The first-order valence-corrected chi connectivity index (χ1v) is 12.1. The molecule has 0 spiro atoms. The lowest BCUT2D eigenvalue weighted by Crippen LogP contribution is -2.34. The molecule has 6 nitrogen and oxygen atoms in total. The van der Waals surface area contributed by atoms with Gasteiger partial charge in [-0.1, -0.05) is 23.7 Å². The monoisotopic (exact) mass is 510 g/mol. The number of amidine groups is 1. The van der Waals surface area contributed by atoms with Crippen molar-refractivity contribution in [3.63, 3.8) is 0 Å². The van der Waals surface area contributed by atoms with Crippen LogP contribution < -0.4 is 9.64 Å². The fraction of sp³-hybridized carbons (Fsp3) is 0.174. The molecular weight excluding hydrogens is 493 g/mol. The van der Waals surface area contributed by atoms with Gasteiger partial charge in [-0.15, -0.1) is 13.2 Å². The summed E-state index contributed by atoms with van der Waals surface area (Å²) in [5.41, 5.74) is -0.344. The summed E-state index contributed by atoms with van der Waals surface area (Å²) >= 11 is 5.99. The van der Waals surface area contributed by atoms with Crippen LogP contribution in [0.3, 0.4) is 0 Å². The molecule has 1 aliphatic heterocycles. The lowest BCUT2D eigenvalue weighted by molar-refractivity contribution is -0.274. The Morgan fingerprint density at radius 2 is 1.59 bits per heavy atom. The van der Waals surface area contributed by atoms with Crippen LogP contribution in [0.2, 0.25) is 5.02 Å². The van der Waals surface area contributed by atoms with E-state index in [1.165, 1.54) is 24.3 Å². The van der Waals surface area contributed by atoms with Gasteiger partial charge in [-0.2, -0.15) is 0 Å². The van der Waals surface area contributed by atoms with Crippen LogP contribution in [0, 0.1) is 0 Å². The van der Waals surface area contributed by atoms with E-state index < -0.39 is 27.7 Å². The molecule has 1 heterocycles. The number of nitrogens with zero attached hydrogens (tertiary/aromatic N) is 2. The van der Waals surface area contributed by atoms with E-state index in [2.05, 4.69) is 9.73 Å². The summed E-state index contributed by atoms with van der Waals surface area (Å²) in [6.07, 6.45) is -3.73. The van der Waals surface area contributed by atoms with Crippen LogP contribution in [-0.4, -0.2) is 38.5 Å². The molecule has 3 aromatic rings. The molecule has 0 aromatic heterocycles. The van der Waals surface area contributed by atoms with Crippen molar-refractivity contribution in [3.05, 3.63) is 88.9 Å². The van der Waals surface area contributed by atoms with Crippen LogP contribution >= 0.6 is 11.6 Å². The Labute approximate surface area is 198 Å². The van der Waals surface area contributed by atoms with Crippen molar-refractivity contribution in [3.8, 4) is 5.75 Å². The van der Waals surface area contributed by atoms with E-state index in [1.807, 2.05) is 0 Å². The summed E-state index contributed by atoms with van der Waals surface area (Å²) in [7, 11) is -3.40. The number of aliphatic imine (C=N–C) groups is 1. The molecule has 1 atom stereocenters. The lowest BCUT2D eigenvalue weighted by Gasteiger charge is -2.25. The molecule has 1 N–H and O–H groups in total. The molecule has 34 heavy (non-hydrogen) atoms. The van der Waals surface area contributed by atoms with Crippen LogP contribution in [0.4, 0.5) is 18.9 Å². The van der Waals surface area contributed by atoms with Crippen LogP contribution in [0.25, 0.3) is 0 Å². The van der Waals surface area contributed by atoms with Crippen LogP contribution in [0.5, 0.6) is 5.75 Å². The van der Waals surface area contributed by atoms with E-state index in [1.54, 1.807) is 41.3 Å². The van der Waals surface area contributed by atoms with Gasteiger partial charge in [0.25, 0.3) is 0 Å². The number of hydrogen-bond acceptors (Lipinski definition) is 6. The molecule has 4 rings (SSSR count). The molecule has 178 valence electrons. The van der Waals surface area contributed by atoms with Gasteiger partial charge in [-0.3, -0.25) is 0 Å². The number of hydrogen-bond donors (Lipinski definition) is 1. The van der Waals surface area contributed by atoms with Crippen molar-refractivity contribution in [2.24, 2.45) is 4.99 Å². The van der Waals surface area contributed by atoms with E-state index in [-0.39, 0.29) is 17.0 Å². The van der Waals surface area contributed by atoms with Crippen molar-refractivity contribution in [1.29, 1.82) is 0 Å². The third kappa shape index (κ3) is 5.19. The van der Waals surface area contributed by atoms with Crippen molar-refractivity contribution in [2.45, 2.75) is 17.0 Å². The second-order valence-electron chi connectivity index (χ2n) is 7.68. The number of alkyl halides is 3. The molecule has 11 heteroatoms. The number of benzene rings is 3. The predicted octanol–water partition coefficient (Wildman–Crippen LogP) is 4.75. The molecule has 0 amide bonds.